The summed E-state index contributed by atoms with van der Waals surface area (Å²) in [7, 11) is 0. The molecule has 126 valence electrons. The average Bonchev–Trinajstić information content (AvgIpc) is 2.87. The molecule has 0 saturated carbocycles. The fourth-order valence-electron chi connectivity index (χ4n) is 2.83. The number of amides is 4. The highest BCUT2D eigenvalue weighted by Gasteiger charge is 2.43. The summed E-state index contributed by atoms with van der Waals surface area (Å²) in [5.74, 6) is -0.561. The van der Waals surface area contributed by atoms with Gasteiger partial charge in [0, 0.05) is 18.7 Å². The molecule has 2 aliphatic heterocycles. The number of benzene rings is 1. The second-order valence-electron chi connectivity index (χ2n) is 6.11. The number of rotatable bonds is 4. The molecule has 3 rings (SSSR count). The van der Waals surface area contributed by atoms with Crippen molar-refractivity contribution in [2.75, 3.05) is 19.6 Å². The van der Waals surface area contributed by atoms with E-state index < -0.39 is 17.5 Å². The minimum Gasteiger partial charge on any atom is -0.348 e. The van der Waals surface area contributed by atoms with Gasteiger partial charge in [-0.05, 0) is 37.6 Å². The summed E-state index contributed by atoms with van der Waals surface area (Å²) < 4.78 is 0. The first-order valence-corrected chi connectivity index (χ1v) is 7.90. The third kappa shape index (κ3) is 3.16. The molecule has 1 unspecified atom stereocenters. The molecule has 0 spiro atoms. The van der Waals surface area contributed by atoms with Crippen molar-refractivity contribution in [3.05, 3.63) is 47.0 Å². The average molecular weight is 328 g/mol. The van der Waals surface area contributed by atoms with Gasteiger partial charge in [0.05, 0.1) is 0 Å². The van der Waals surface area contributed by atoms with Gasteiger partial charge in [-0.15, -0.1) is 0 Å². The van der Waals surface area contributed by atoms with Crippen LogP contribution in [0.5, 0.6) is 0 Å². The number of hydrogen-bond donors (Lipinski definition) is 4. The maximum atomic E-state index is 12.2. The van der Waals surface area contributed by atoms with Gasteiger partial charge in [0.15, 0.2) is 0 Å². The first kappa shape index (κ1) is 16.2. The summed E-state index contributed by atoms with van der Waals surface area (Å²) >= 11 is 0. The number of nitrogens with one attached hydrogen (secondary N) is 4. The van der Waals surface area contributed by atoms with E-state index in [0.717, 1.165) is 19.5 Å². The molecule has 2 heterocycles. The lowest BCUT2D eigenvalue weighted by Crippen LogP contribution is -2.40. The van der Waals surface area contributed by atoms with Crippen LogP contribution in [-0.2, 0) is 10.3 Å². The molecule has 24 heavy (non-hydrogen) atoms. The van der Waals surface area contributed by atoms with Crippen molar-refractivity contribution in [3.63, 3.8) is 0 Å². The van der Waals surface area contributed by atoms with E-state index in [0.29, 0.717) is 17.7 Å². The predicted molar refractivity (Wildman–Crippen MR) is 88.4 cm³/mol. The van der Waals surface area contributed by atoms with E-state index >= 15 is 0 Å². The van der Waals surface area contributed by atoms with Crippen LogP contribution in [0.2, 0.25) is 0 Å². The van der Waals surface area contributed by atoms with E-state index in [2.05, 4.69) is 27.3 Å². The van der Waals surface area contributed by atoms with E-state index in [1.807, 2.05) is 0 Å². The van der Waals surface area contributed by atoms with Crippen molar-refractivity contribution < 1.29 is 14.4 Å². The molecule has 1 fully saturated rings. The number of carbonyl (C=O) groups is 3. The number of hydrogen-bond acceptors (Lipinski definition) is 4. The lowest BCUT2D eigenvalue weighted by molar-refractivity contribution is -0.123. The molecular weight excluding hydrogens is 308 g/mol. The van der Waals surface area contributed by atoms with Crippen molar-refractivity contribution in [2.45, 2.75) is 18.9 Å². The minimum atomic E-state index is -1.11. The van der Waals surface area contributed by atoms with Gasteiger partial charge >= 0.3 is 6.03 Å². The molecule has 1 saturated heterocycles. The summed E-state index contributed by atoms with van der Waals surface area (Å²) in [6.45, 7) is 3.94. The van der Waals surface area contributed by atoms with E-state index in [9.17, 15) is 14.4 Å². The molecule has 0 bridgehead atoms. The molecule has 7 nitrogen and oxygen atoms in total. The zero-order valence-electron chi connectivity index (χ0n) is 13.4. The monoisotopic (exact) mass is 328 g/mol. The van der Waals surface area contributed by atoms with Crippen LogP contribution in [-0.4, -0.2) is 37.5 Å². The molecule has 1 aromatic carbocycles. The van der Waals surface area contributed by atoms with Crippen molar-refractivity contribution in [3.8, 4) is 0 Å². The van der Waals surface area contributed by atoms with Gasteiger partial charge in [-0.2, -0.15) is 0 Å². The lowest BCUT2D eigenvalue weighted by atomic mass is 9.91. The van der Waals surface area contributed by atoms with Crippen LogP contribution in [0.25, 0.3) is 0 Å². The quantitative estimate of drug-likeness (QED) is 0.475. The molecular formula is C17H20N4O3. The van der Waals surface area contributed by atoms with Crippen LogP contribution in [0.3, 0.4) is 0 Å². The van der Waals surface area contributed by atoms with Crippen molar-refractivity contribution in [2.24, 2.45) is 0 Å². The van der Waals surface area contributed by atoms with Gasteiger partial charge in [0.2, 0.25) is 0 Å². The summed E-state index contributed by atoms with van der Waals surface area (Å²) in [5.41, 5.74) is 1.26. The van der Waals surface area contributed by atoms with E-state index in [-0.39, 0.29) is 5.91 Å². The Morgan fingerprint density at radius 1 is 1.25 bits per heavy atom. The Kier molecular flexibility index (Phi) is 4.35. The Labute approximate surface area is 139 Å². The predicted octanol–water partition coefficient (Wildman–Crippen LogP) is 0.391. The molecule has 7 heteroatoms. The van der Waals surface area contributed by atoms with Crippen LogP contribution >= 0.6 is 0 Å². The Hall–Kier alpha value is -2.67. The number of imide groups is 1. The van der Waals surface area contributed by atoms with Crippen LogP contribution in [0.15, 0.2) is 35.9 Å². The summed E-state index contributed by atoms with van der Waals surface area (Å²) in [4.78, 5) is 35.5. The zero-order valence-corrected chi connectivity index (χ0v) is 13.4. The highest BCUT2D eigenvalue weighted by Crippen LogP contribution is 2.24. The standard InChI is InChI=1S/C17H20N4O3/c1-17(15(23)20-16(24)21-17)13-4-2-12(3-5-13)14(22)19-10-11-6-8-18-9-7-11/h2-6,18H,7-10H2,1H3,(H,19,22)(H2,20,21,23,24). The van der Waals surface area contributed by atoms with Crippen molar-refractivity contribution in [1.82, 2.24) is 21.3 Å². The molecule has 0 radical (unpaired) electrons. The van der Waals surface area contributed by atoms with E-state index in [4.69, 9.17) is 0 Å². The molecule has 1 atom stereocenters. The third-order valence-corrected chi connectivity index (χ3v) is 4.40. The highest BCUT2D eigenvalue weighted by molar-refractivity contribution is 6.07. The zero-order chi connectivity index (χ0) is 17.2. The maximum absolute atomic E-state index is 12.2. The first-order valence-electron chi connectivity index (χ1n) is 7.90. The second-order valence-corrected chi connectivity index (χ2v) is 6.11. The van der Waals surface area contributed by atoms with Gasteiger partial charge in [0.1, 0.15) is 5.54 Å². The van der Waals surface area contributed by atoms with Gasteiger partial charge < -0.3 is 16.0 Å². The van der Waals surface area contributed by atoms with Crippen LogP contribution in [0.4, 0.5) is 4.79 Å². The summed E-state index contributed by atoms with van der Waals surface area (Å²) in [6, 6.07) is 6.17. The van der Waals surface area contributed by atoms with Gasteiger partial charge in [0.25, 0.3) is 11.8 Å². The summed E-state index contributed by atoms with van der Waals surface area (Å²) in [6.07, 6.45) is 3.03. The number of urea groups is 1. The molecule has 4 N–H and O–H groups in total. The van der Waals surface area contributed by atoms with Crippen LogP contribution in [0.1, 0.15) is 29.3 Å². The molecule has 1 aromatic rings. The van der Waals surface area contributed by atoms with Gasteiger partial charge in [-0.3, -0.25) is 14.9 Å². The fraction of sp³-hybridized carbons (Fsp3) is 0.353. The Bertz CT molecular complexity index is 711. The SMILES string of the molecule is CC1(c2ccc(C(=O)NCC3=CCNCC3)cc2)NC(=O)NC1=O. The molecule has 0 aromatic heterocycles. The van der Waals surface area contributed by atoms with E-state index in [1.165, 1.54) is 5.57 Å². The van der Waals surface area contributed by atoms with Crippen LogP contribution in [0, 0.1) is 0 Å². The maximum Gasteiger partial charge on any atom is 0.322 e. The smallest absolute Gasteiger partial charge is 0.322 e. The Morgan fingerprint density at radius 3 is 2.58 bits per heavy atom. The van der Waals surface area contributed by atoms with E-state index in [1.54, 1.807) is 31.2 Å². The molecule has 0 aliphatic carbocycles. The molecule has 4 amide bonds. The van der Waals surface area contributed by atoms with Gasteiger partial charge in [-0.25, -0.2) is 4.79 Å². The molecule has 2 aliphatic rings. The Morgan fingerprint density at radius 2 is 2.00 bits per heavy atom. The van der Waals surface area contributed by atoms with Gasteiger partial charge in [-0.1, -0.05) is 23.8 Å². The minimum absolute atomic E-state index is 0.161. The van der Waals surface area contributed by atoms with Crippen LogP contribution < -0.4 is 21.3 Å². The number of carbonyl (C=O) groups excluding carboxylic acids is 3. The highest BCUT2D eigenvalue weighted by atomic mass is 16.2. The van der Waals surface area contributed by atoms with Crippen molar-refractivity contribution in [1.29, 1.82) is 0 Å². The normalized spacial score (nSPS) is 23.3. The third-order valence-electron chi connectivity index (χ3n) is 4.40. The largest absolute Gasteiger partial charge is 0.348 e. The second kappa shape index (κ2) is 6.45. The topological polar surface area (TPSA) is 99.3 Å². The lowest BCUT2D eigenvalue weighted by Gasteiger charge is -2.21. The summed E-state index contributed by atoms with van der Waals surface area (Å²) in [5, 5.41) is 10.9. The van der Waals surface area contributed by atoms with Crippen molar-refractivity contribution >= 4 is 17.8 Å². The Balaban J connectivity index is 1.66. The first-order chi connectivity index (χ1) is 11.5. The fourth-order valence-corrected chi connectivity index (χ4v) is 2.83.